The summed E-state index contributed by atoms with van der Waals surface area (Å²) in [7, 11) is 0. The molecule has 8 heteroatoms. The summed E-state index contributed by atoms with van der Waals surface area (Å²) in [5.74, 6) is 0. The third-order valence-electron chi connectivity index (χ3n) is 0. The van der Waals surface area contributed by atoms with Crippen molar-refractivity contribution in [3.63, 3.8) is 0 Å². The van der Waals surface area contributed by atoms with E-state index < -0.39 is 0 Å². The minimum atomic E-state index is 0. The third kappa shape index (κ3) is 1120. The predicted octanol–water partition coefficient (Wildman–Crippen LogP) is -0.533. The van der Waals surface area contributed by atoms with Crippen LogP contribution < -0.4 is 24.6 Å². The zero-order valence-corrected chi connectivity index (χ0v) is 6.81. The van der Waals surface area contributed by atoms with E-state index in [2.05, 4.69) is 0 Å². The number of hydrogen-bond acceptors (Lipinski definition) is 6. The molecule has 0 aliphatic heterocycles. The molecule has 0 aromatic heterocycles. The molecule has 0 rings (SSSR count). The molecule has 0 amide bonds. The van der Waals surface area contributed by atoms with E-state index in [0.29, 0.717) is 0 Å². The molecule has 7 nitrogen and oxygen atoms in total. The Hall–Kier alpha value is 0.408. The van der Waals surface area contributed by atoms with Crippen LogP contribution in [0, 0.1) is 0 Å². The summed E-state index contributed by atoms with van der Waals surface area (Å²) in [6.45, 7) is 0. The van der Waals surface area contributed by atoms with Crippen molar-refractivity contribution in [1.82, 2.24) is 24.6 Å². The molecule has 16 N–H and O–H groups in total. The first-order chi connectivity index (χ1) is 0. The molecule has 64 valence electrons. The van der Waals surface area contributed by atoms with Crippen LogP contribution >= 0.6 is 0 Å². The predicted molar refractivity (Wildman–Crippen MR) is 27.6 cm³/mol. The van der Waals surface area contributed by atoms with Crippen LogP contribution in [0.4, 0.5) is 0 Å². The molecular formula is H16N4O3Pt. The summed E-state index contributed by atoms with van der Waals surface area (Å²) in [6, 6.07) is 0. The molecule has 0 atom stereocenters. The Morgan fingerprint density at radius 1 is 0.500 bits per heavy atom. The zero-order valence-electron chi connectivity index (χ0n) is 4.54. The zero-order chi connectivity index (χ0) is 0. The average Bonchev–Trinajstić information content (AvgIpc) is 0. The monoisotopic (exact) mass is 315 g/mol. The summed E-state index contributed by atoms with van der Waals surface area (Å²) in [5.41, 5.74) is 0. The van der Waals surface area contributed by atoms with Crippen LogP contribution in [-0.4, -0.2) is 16.4 Å². The van der Waals surface area contributed by atoms with Gasteiger partial charge in [0.2, 0.25) is 0 Å². The maximum atomic E-state index is 0. The van der Waals surface area contributed by atoms with Gasteiger partial charge >= 0.3 is 21.1 Å². The SMILES string of the molecule is N.N.N.N.O.[OH-].[OH-].[Pt+2]. The summed E-state index contributed by atoms with van der Waals surface area (Å²) < 4.78 is 0. The van der Waals surface area contributed by atoms with Crippen molar-refractivity contribution >= 4 is 0 Å². The molecule has 0 radical (unpaired) electrons. The van der Waals surface area contributed by atoms with Gasteiger partial charge in [0, 0.05) is 0 Å². The Bertz CT molecular complexity index is 11.2. The molecular weight excluding hydrogens is 299 g/mol. The molecule has 0 fully saturated rings. The van der Waals surface area contributed by atoms with Gasteiger partial charge < -0.3 is 41.0 Å². The molecule has 0 spiro atoms. The molecule has 0 aliphatic carbocycles. The van der Waals surface area contributed by atoms with E-state index >= 15 is 0 Å². The summed E-state index contributed by atoms with van der Waals surface area (Å²) in [6.07, 6.45) is 0. The summed E-state index contributed by atoms with van der Waals surface area (Å²) in [4.78, 5) is 0. The van der Waals surface area contributed by atoms with Gasteiger partial charge in [-0.15, -0.1) is 0 Å². The van der Waals surface area contributed by atoms with E-state index in [9.17, 15) is 0 Å². The van der Waals surface area contributed by atoms with E-state index in [4.69, 9.17) is 0 Å². The number of hydrogen-bond donors (Lipinski definition) is 4. The van der Waals surface area contributed by atoms with E-state index in [1.54, 1.807) is 0 Å². The van der Waals surface area contributed by atoms with Crippen LogP contribution in [-0.2, 0) is 21.1 Å². The quantitative estimate of drug-likeness (QED) is 0.458. The normalized spacial score (nSPS) is 0. The summed E-state index contributed by atoms with van der Waals surface area (Å²) in [5, 5.41) is 0. The molecule has 0 aromatic carbocycles. The Morgan fingerprint density at radius 2 is 0.500 bits per heavy atom. The van der Waals surface area contributed by atoms with Gasteiger partial charge in [-0.25, -0.2) is 0 Å². The molecule has 0 bridgehead atoms. The smallest absolute Gasteiger partial charge is 0.870 e. The molecule has 0 aromatic rings. The Kier molecular flexibility index (Phi) is 631000. The Morgan fingerprint density at radius 3 is 0.500 bits per heavy atom. The fraction of sp³-hybridized carbons (Fsp3) is 0. The standard InChI is InChI=1S/4H3N.3H2O.Pt/h4*1H3;3*1H2;/q;;;;;;;+2/p-2. The van der Waals surface area contributed by atoms with Crippen molar-refractivity contribution in [3.8, 4) is 0 Å². The number of rotatable bonds is 0. The van der Waals surface area contributed by atoms with Gasteiger partial charge in [-0.1, -0.05) is 0 Å². The van der Waals surface area contributed by atoms with Crippen LogP contribution in [0.25, 0.3) is 0 Å². The van der Waals surface area contributed by atoms with Crippen LogP contribution in [0.5, 0.6) is 0 Å². The Balaban J connectivity index is 0. The van der Waals surface area contributed by atoms with Crippen LogP contribution in [0.1, 0.15) is 0 Å². The largest absolute Gasteiger partial charge is 2.00 e. The maximum Gasteiger partial charge on any atom is 2.00 e. The van der Waals surface area contributed by atoms with Crippen molar-refractivity contribution < 1.29 is 37.5 Å². The van der Waals surface area contributed by atoms with Crippen molar-refractivity contribution in [1.29, 1.82) is 0 Å². The van der Waals surface area contributed by atoms with Gasteiger partial charge in [0.15, 0.2) is 0 Å². The van der Waals surface area contributed by atoms with Crippen molar-refractivity contribution in [2.75, 3.05) is 0 Å². The van der Waals surface area contributed by atoms with Gasteiger partial charge in [0.25, 0.3) is 0 Å². The average molecular weight is 315 g/mol. The second-order valence-electron chi connectivity index (χ2n) is 0. The molecule has 0 unspecified atom stereocenters. The van der Waals surface area contributed by atoms with Gasteiger partial charge in [0.05, 0.1) is 0 Å². The fourth-order valence-electron chi connectivity index (χ4n) is 0. The molecule has 0 heterocycles. The maximum absolute atomic E-state index is 0. The van der Waals surface area contributed by atoms with Gasteiger partial charge in [0.1, 0.15) is 0 Å². The van der Waals surface area contributed by atoms with Crippen molar-refractivity contribution in [3.05, 3.63) is 0 Å². The first kappa shape index (κ1) is 2770. The first-order valence-electron chi connectivity index (χ1n) is 0. The Labute approximate surface area is 62.7 Å². The third-order valence-corrected chi connectivity index (χ3v) is 0. The van der Waals surface area contributed by atoms with Gasteiger partial charge in [-0.05, 0) is 0 Å². The topological polar surface area (TPSA) is 232 Å². The second-order valence-corrected chi connectivity index (χ2v) is 0. The van der Waals surface area contributed by atoms with Crippen LogP contribution in [0.15, 0.2) is 0 Å². The van der Waals surface area contributed by atoms with E-state index in [-0.39, 0.29) is 62.1 Å². The fourth-order valence-corrected chi connectivity index (χ4v) is 0. The van der Waals surface area contributed by atoms with Crippen LogP contribution in [0.2, 0.25) is 0 Å². The van der Waals surface area contributed by atoms with E-state index in [0.717, 1.165) is 0 Å². The van der Waals surface area contributed by atoms with Crippen LogP contribution in [0.3, 0.4) is 0 Å². The molecule has 8 heavy (non-hydrogen) atoms. The first-order valence-corrected chi connectivity index (χ1v) is 0. The van der Waals surface area contributed by atoms with Gasteiger partial charge in [-0.3, -0.25) is 0 Å². The van der Waals surface area contributed by atoms with Gasteiger partial charge in [-0.2, -0.15) is 0 Å². The molecule has 0 saturated carbocycles. The van der Waals surface area contributed by atoms with Crippen molar-refractivity contribution in [2.45, 2.75) is 0 Å². The van der Waals surface area contributed by atoms with E-state index in [1.807, 2.05) is 0 Å². The molecule has 0 saturated heterocycles. The second kappa shape index (κ2) is 1820. The van der Waals surface area contributed by atoms with Crippen molar-refractivity contribution in [2.24, 2.45) is 0 Å². The molecule has 0 aliphatic rings. The minimum absolute atomic E-state index is 0. The minimum Gasteiger partial charge on any atom is -0.870 e. The van der Waals surface area contributed by atoms with E-state index in [1.165, 1.54) is 0 Å². The summed E-state index contributed by atoms with van der Waals surface area (Å²) >= 11 is 0.